The van der Waals surface area contributed by atoms with Crippen LogP contribution in [0.1, 0.15) is 32.1 Å². The fourth-order valence-corrected chi connectivity index (χ4v) is 3.90. The van der Waals surface area contributed by atoms with E-state index in [1.807, 2.05) is 11.8 Å². The molecule has 4 nitrogen and oxygen atoms in total. The molecule has 19 heavy (non-hydrogen) atoms. The second-order valence-electron chi connectivity index (χ2n) is 5.70. The van der Waals surface area contributed by atoms with Crippen molar-refractivity contribution in [2.24, 2.45) is 0 Å². The number of nitrogens with zero attached hydrogens (tertiary/aromatic N) is 1. The Morgan fingerprint density at radius 3 is 2.89 bits per heavy atom. The zero-order valence-electron chi connectivity index (χ0n) is 12.0. The van der Waals surface area contributed by atoms with Crippen molar-refractivity contribution in [1.82, 2.24) is 15.5 Å². The number of amides is 1. The highest BCUT2D eigenvalue weighted by atomic mass is 32.2. The number of carbonyl (C=O) groups excluding carboxylic acids is 1. The molecule has 5 heteroatoms. The van der Waals surface area contributed by atoms with E-state index in [4.69, 9.17) is 0 Å². The Morgan fingerprint density at radius 2 is 2.21 bits per heavy atom. The van der Waals surface area contributed by atoms with E-state index >= 15 is 0 Å². The molecule has 1 aliphatic heterocycles. The first-order valence-electron chi connectivity index (χ1n) is 7.54. The average molecular weight is 285 g/mol. The highest BCUT2D eigenvalue weighted by Crippen LogP contribution is 2.21. The van der Waals surface area contributed by atoms with Gasteiger partial charge in [-0.15, -0.1) is 0 Å². The van der Waals surface area contributed by atoms with Gasteiger partial charge in [-0.2, -0.15) is 11.8 Å². The number of carbonyl (C=O) groups is 1. The van der Waals surface area contributed by atoms with Crippen LogP contribution in [0.4, 0.5) is 0 Å². The van der Waals surface area contributed by atoms with E-state index in [2.05, 4.69) is 22.6 Å². The molecular weight excluding hydrogens is 258 g/mol. The molecule has 0 aromatic heterocycles. The lowest BCUT2D eigenvalue weighted by Crippen LogP contribution is -2.43. The quantitative estimate of drug-likeness (QED) is 0.766. The summed E-state index contributed by atoms with van der Waals surface area (Å²) in [4.78, 5) is 14.2. The average Bonchev–Trinajstić information content (AvgIpc) is 2.93. The summed E-state index contributed by atoms with van der Waals surface area (Å²) in [5, 5.41) is 6.46. The number of rotatable bonds is 6. The summed E-state index contributed by atoms with van der Waals surface area (Å²) in [6.07, 6.45) is 6.01. The van der Waals surface area contributed by atoms with Gasteiger partial charge in [-0.25, -0.2) is 0 Å². The molecule has 1 unspecified atom stereocenters. The summed E-state index contributed by atoms with van der Waals surface area (Å²) in [6.45, 7) is 2.79. The molecule has 1 amide bonds. The fraction of sp³-hybridized carbons (Fsp3) is 0.929. The van der Waals surface area contributed by atoms with Crippen LogP contribution < -0.4 is 10.6 Å². The zero-order valence-corrected chi connectivity index (χ0v) is 12.8. The van der Waals surface area contributed by atoms with E-state index in [9.17, 15) is 4.79 Å². The van der Waals surface area contributed by atoms with Crippen LogP contribution in [0, 0.1) is 0 Å². The Morgan fingerprint density at radius 1 is 1.42 bits per heavy atom. The van der Waals surface area contributed by atoms with Crippen molar-refractivity contribution in [2.75, 3.05) is 38.2 Å². The molecule has 2 N–H and O–H groups in total. The van der Waals surface area contributed by atoms with Crippen molar-refractivity contribution in [1.29, 1.82) is 0 Å². The Kier molecular flexibility index (Phi) is 6.47. The maximum absolute atomic E-state index is 11.8. The predicted molar refractivity (Wildman–Crippen MR) is 81.6 cm³/mol. The maximum atomic E-state index is 11.8. The lowest BCUT2D eigenvalue weighted by molar-refractivity contribution is -0.121. The molecule has 0 radical (unpaired) electrons. The van der Waals surface area contributed by atoms with Gasteiger partial charge in [-0.3, -0.25) is 4.79 Å². The first-order chi connectivity index (χ1) is 9.25. The molecule has 0 spiro atoms. The Labute approximate surface area is 121 Å². The van der Waals surface area contributed by atoms with Crippen LogP contribution in [0.2, 0.25) is 0 Å². The summed E-state index contributed by atoms with van der Waals surface area (Å²) in [7, 11) is 2.18. The van der Waals surface area contributed by atoms with Gasteiger partial charge >= 0.3 is 0 Å². The van der Waals surface area contributed by atoms with E-state index < -0.39 is 0 Å². The molecule has 1 aliphatic carbocycles. The molecule has 2 rings (SSSR count). The van der Waals surface area contributed by atoms with Crippen molar-refractivity contribution in [2.45, 2.75) is 44.2 Å². The van der Waals surface area contributed by atoms with Crippen LogP contribution in [0.5, 0.6) is 0 Å². The first-order valence-corrected chi connectivity index (χ1v) is 8.69. The summed E-state index contributed by atoms with van der Waals surface area (Å²) in [6, 6.07) is 1.11. The predicted octanol–water partition coefficient (Wildman–Crippen LogP) is 1.07. The first kappa shape index (κ1) is 15.1. The van der Waals surface area contributed by atoms with Crippen LogP contribution in [0.25, 0.3) is 0 Å². The molecule has 1 heterocycles. The fourth-order valence-electron chi connectivity index (χ4n) is 2.95. The molecule has 0 aromatic rings. The third kappa shape index (κ3) is 5.32. The molecule has 110 valence electrons. The Hall–Kier alpha value is -0.260. The minimum absolute atomic E-state index is 0.194. The molecule has 0 bridgehead atoms. The van der Waals surface area contributed by atoms with Gasteiger partial charge in [0.25, 0.3) is 0 Å². The highest BCUT2D eigenvalue weighted by molar-refractivity contribution is 7.99. The second-order valence-corrected chi connectivity index (χ2v) is 6.85. The van der Waals surface area contributed by atoms with Gasteiger partial charge in [-0.05, 0) is 19.9 Å². The number of likely N-dealkylation sites (N-methyl/N-ethyl adjacent to an activating group) is 1. The van der Waals surface area contributed by atoms with Crippen LogP contribution in [0.3, 0.4) is 0 Å². The molecule has 1 atom stereocenters. The summed E-state index contributed by atoms with van der Waals surface area (Å²) in [5.74, 6) is 2.43. The molecule has 1 saturated heterocycles. The number of hydrogen-bond acceptors (Lipinski definition) is 4. The van der Waals surface area contributed by atoms with Crippen molar-refractivity contribution in [3.63, 3.8) is 0 Å². The third-order valence-corrected chi connectivity index (χ3v) is 5.30. The summed E-state index contributed by atoms with van der Waals surface area (Å²) >= 11 is 1.94. The van der Waals surface area contributed by atoms with E-state index in [1.54, 1.807) is 0 Å². The molecule has 2 aliphatic rings. The van der Waals surface area contributed by atoms with Gasteiger partial charge in [0.05, 0.1) is 0 Å². The highest BCUT2D eigenvalue weighted by Gasteiger charge is 2.19. The largest absolute Gasteiger partial charge is 0.355 e. The Balaban J connectivity index is 1.55. The van der Waals surface area contributed by atoms with Gasteiger partial charge in [0.15, 0.2) is 0 Å². The number of nitrogens with one attached hydrogen (secondary N) is 2. The molecule has 1 saturated carbocycles. The Bertz CT molecular complexity index is 276. The van der Waals surface area contributed by atoms with Gasteiger partial charge in [0.1, 0.15) is 0 Å². The molecular formula is C14H27N3OS. The van der Waals surface area contributed by atoms with Gasteiger partial charge in [0.2, 0.25) is 5.91 Å². The van der Waals surface area contributed by atoms with E-state index in [0.717, 1.165) is 31.4 Å². The van der Waals surface area contributed by atoms with E-state index in [-0.39, 0.29) is 5.91 Å². The minimum Gasteiger partial charge on any atom is -0.355 e. The molecule has 0 aromatic carbocycles. The lowest BCUT2D eigenvalue weighted by atomic mass is 10.2. The number of thioether (sulfide) groups is 1. The smallest absolute Gasteiger partial charge is 0.221 e. The second kappa shape index (κ2) is 8.12. The van der Waals surface area contributed by atoms with Crippen molar-refractivity contribution in [3.05, 3.63) is 0 Å². The van der Waals surface area contributed by atoms with Crippen molar-refractivity contribution >= 4 is 17.7 Å². The van der Waals surface area contributed by atoms with Crippen molar-refractivity contribution in [3.8, 4) is 0 Å². The third-order valence-electron chi connectivity index (χ3n) is 4.16. The van der Waals surface area contributed by atoms with Crippen LogP contribution in [-0.2, 0) is 4.79 Å². The number of hydrogen-bond donors (Lipinski definition) is 2. The van der Waals surface area contributed by atoms with E-state index in [1.165, 1.54) is 31.4 Å². The lowest BCUT2D eigenvalue weighted by Gasteiger charge is -2.25. The van der Waals surface area contributed by atoms with Gasteiger partial charge in [0, 0.05) is 49.6 Å². The van der Waals surface area contributed by atoms with Crippen molar-refractivity contribution < 1.29 is 4.79 Å². The van der Waals surface area contributed by atoms with Crippen LogP contribution in [0.15, 0.2) is 0 Å². The topological polar surface area (TPSA) is 44.4 Å². The van der Waals surface area contributed by atoms with E-state index in [0.29, 0.717) is 12.5 Å². The maximum Gasteiger partial charge on any atom is 0.221 e. The minimum atomic E-state index is 0.194. The summed E-state index contributed by atoms with van der Waals surface area (Å²) < 4.78 is 0. The SMILES string of the molecule is CN(CCNC(=O)CC1CSCCN1)C1CCCC1. The van der Waals surface area contributed by atoms with Crippen LogP contribution in [-0.4, -0.2) is 61.1 Å². The standard InChI is InChI=1S/C14H27N3OS/c1-17(13-4-2-3-5-13)8-6-16-14(18)10-12-11-19-9-7-15-12/h12-13,15H,2-11H2,1H3,(H,16,18). The normalized spacial score (nSPS) is 24.8. The summed E-state index contributed by atoms with van der Waals surface area (Å²) in [5.41, 5.74) is 0. The zero-order chi connectivity index (χ0) is 13.5. The van der Waals surface area contributed by atoms with Gasteiger partial charge < -0.3 is 15.5 Å². The van der Waals surface area contributed by atoms with Gasteiger partial charge in [-0.1, -0.05) is 12.8 Å². The monoisotopic (exact) mass is 285 g/mol. The molecule has 2 fully saturated rings. The van der Waals surface area contributed by atoms with Crippen LogP contribution >= 0.6 is 11.8 Å².